The average Bonchev–Trinajstić information content (AvgIpc) is 2.08. The van der Waals surface area contributed by atoms with Crippen LogP contribution >= 0.6 is 0 Å². The van der Waals surface area contributed by atoms with Crippen molar-refractivity contribution in [3.63, 3.8) is 0 Å². The molecule has 0 fully saturated rings. The molecule has 70 valence electrons. The Morgan fingerprint density at radius 1 is 1.69 bits per heavy atom. The maximum absolute atomic E-state index is 12.9. The number of hydrogen-bond acceptors (Lipinski definition) is 2. The predicted molar refractivity (Wildman–Crippen MR) is 43.2 cm³/mol. The molecule has 0 saturated heterocycles. The number of pyridine rings is 1. The molecule has 0 aliphatic rings. The fourth-order valence-corrected chi connectivity index (χ4v) is 0.920. The summed E-state index contributed by atoms with van der Waals surface area (Å²) in [5, 5.41) is 8.32. The van der Waals surface area contributed by atoms with Crippen molar-refractivity contribution in [1.82, 2.24) is 4.57 Å². The largest absolute Gasteiger partial charge is 0.478 e. The number of carboxylic acids is 1. The molecule has 1 unspecified atom stereocenters. The summed E-state index contributed by atoms with van der Waals surface area (Å²) in [7, 11) is 0. The number of aliphatic carboxylic acids is 1. The number of aryl methyl sites for hydroxylation is 1. The minimum Gasteiger partial charge on any atom is -0.478 e. The second-order valence-corrected chi connectivity index (χ2v) is 2.58. The van der Waals surface area contributed by atoms with Crippen molar-refractivity contribution in [2.75, 3.05) is 0 Å². The molecule has 0 radical (unpaired) electrons. The normalized spacial score (nSPS) is 12.5. The number of carboxylic acid groups (broad SMARTS) is 1. The first kappa shape index (κ1) is 9.44. The Morgan fingerprint density at radius 2 is 2.31 bits per heavy atom. The van der Waals surface area contributed by atoms with E-state index in [1.807, 2.05) is 0 Å². The van der Waals surface area contributed by atoms with Gasteiger partial charge in [-0.15, -0.1) is 0 Å². The van der Waals surface area contributed by atoms with E-state index in [2.05, 4.69) is 0 Å². The fourth-order valence-electron chi connectivity index (χ4n) is 0.920. The molecule has 4 nitrogen and oxygen atoms in total. The second-order valence-electron chi connectivity index (χ2n) is 2.58. The Morgan fingerprint density at radius 3 is 2.85 bits per heavy atom. The number of halogens is 1. The molecule has 0 aromatic carbocycles. The third kappa shape index (κ3) is 1.74. The molecule has 0 bridgehead atoms. The van der Waals surface area contributed by atoms with E-state index in [-0.39, 0.29) is 0 Å². The molecule has 1 aromatic heterocycles. The summed E-state index contributed by atoms with van der Waals surface area (Å²) in [6.45, 7) is 1.49. The van der Waals surface area contributed by atoms with Gasteiger partial charge in [-0.05, 0) is 13.0 Å². The van der Waals surface area contributed by atoms with Crippen LogP contribution in [0.15, 0.2) is 23.1 Å². The van der Waals surface area contributed by atoms with Gasteiger partial charge < -0.3 is 5.11 Å². The summed E-state index contributed by atoms with van der Waals surface area (Å²) >= 11 is 0. The topological polar surface area (TPSA) is 59.3 Å². The first-order valence-corrected chi connectivity index (χ1v) is 3.58. The first-order valence-electron chi connectivity index (χ1n) is 3.58. The van der Waals surface area contributed by atoms with E-state index in [1.54, 1.807) is 0 Å². The van der Waals surface area contributed by atoms with E-state index in [4.69, 9.17) is 5.11 Å². The van der Waals surface area contributed by atoms with Crippen LogP contribution in [0.3, 0.4) is 0 Å². The lowest BCUT2D eigenvalue weighted by molar-refractivity contribution is -0.146. The smallest absolute Gasteiger partial charge is 0.360 e. The molecule has 0 saturated carbocycles. The number of carbonyl (C=O) groups is 1. The van der Waals surface area contributed by atoms with Crippen molar-refractivity contribution < 1.29 is 14.3 Å². The Bertz CT molecular complexity index is 385. The standard InChI is InChI=1S/C8H8FNO3/c1-5-3-2-4-10(7(5)11)6(9)8(12)13/h2-4,6H,1H3,(H,12,13). The van der Waals surface area contributed by atoms with Crippen molar-refractivity contribution in [3.05, 3.63) is 34.2 Å². The molecular formula is C8H8FNO3. The van der Waals surface area contributed by atoms with Crippen molar-refractivity contribution in [2.24, 2.45) is 0 Å². The highest BCUT2D eigenvalue weighted by Gasteiger charge is 2.18. The minimum absolute atomic E-state index is 0.311. The number of alkyl halides is 1. The molecule has 1 rings (SSSR count). The van der Waals surface area contributed by atoms with Crippen molar-refractivity contribution in [2.45, 2.75) is 13.2 Å². The number of aromatic nitrogens is 1. The summed E-state index contributed by atoms with van der Waals surface area (Å²) in [6.07, 6.45) is -1.21. The van der Waals surface area contributed by atoms with Gasteiger partial charge in [-0.3, -0.25) is 9.36 Å². The predicted octanol–water partition coefficient (Wildman–Crippen LogP) is 0.709. The fraction of sp³-hybridized carbons (Fsp3) is 0.250. The maximum atomic E-state index is 12.9. The number of nitrogens with zero attached hydrogens (tertiary/aromatic N) is 1. The highest BCUT2D eigenvalue weighted by atomic mass is 19.1. The minimum atomic E-state index is -2.31. The zero-order valence-electron chi connectivity index (χ0n) is 6.90. The molecule has 1 atom stereocenters. The highest BCUT2D eigenvalue weighted by molar-refractivity contribution is 5.70. The first-order chi connectivity index (χ1) is 6.04. The molecule has 1 N–H and O–H groups in total. The van der Waals surface area contributed by atoms with Gasteiger partial charge in [-0.1, -0.05) is 6.07 Å². The van der Waals surface area contributed by atoms with E-state index in [1.165, 1.54) is 19.1 Å². The molecule has 5 heteroatoms. The molecule has 1 heterocycles. The summed E-state index contributed by atoms with van der Waals surface area (Å²) in [5.41, 5.74) is -0.316. The monoisotopic (exact) mass is 185 g/mol. The molecule has 0 aliphatic carbocycles. The van der Waals surface area contributed by atoms with Crippen LogP contribution in [0, 0.1) is 6.92 Å². The third-order valence-corrected chi connectivity index (χ3v) is 1.61. The lowest BCUT2D eigenvalue weighted by Crippen LogP contribution is -2.27. The van der Waals surface area contributed by atoms with Gasteiger partial charge in [0.25, 0.3) is 11.9 Å². The van der Waals surface area contributed by atoms with Crippen LogP contribution in [-0.2, 0) is 4.79 Å². The Labute approximate surface area is 73.2 Å². The van der Waals surface area contributed by atoms with Crippen LogP contribution in [0.4, 0.5) is 4.39 Å². The van der Waals surface area contributed by atoms with Crippen LogP contribution < -0.4 is 5.56 Å². The molecule has 13 heavy (non-hydrogen) atoms. The van der Waals surface area contributed by atoms with Crippen LogP contribution in [-0.4, -0.2) is 15.6 Å². The van der Waals surface area contributed by atoms with Gasteiger partial charge in [0.2, 0.25) is 0 Å². The van der Waals surface area contributed by atoms with E-state index >= 15 is 0 Å². The van der Waals surface area contributed by atoms with Gasteiger partial charge in [0.05, 0.1) is 0 Å². The SMILES string of the molecule is Cc1cccn(C(F)C(=O)O)c1=O. The van der Waals surface area contributed by atoms with Gasteiger partial charge >= 0.3 is 5.97 Å². The van der Waals surface area contributed by atoms with Crippen molar-refractivity contribution in [1.29, 1.82) is 0 Å². The Balaban J connectivity index is 3.23. The van der Waals surface area contributed by atoms with Gasteiger partial charge in [-0.25, -0.2) is 9.18 Å². The summed E-state index contributed by atoms with van der Waals surface area (Å²) in [4.78, 5) is 21.4. The molecule has 0 aliphatic heterocycles. The van der Waals surface area contributed by atoms with E-state index in [0.717, 1.165) is 6.20 Å². The van der Waals surface area contributed by atoms with E-state index in [0.29, 0.717) is 10.1 Å². The van der Waals surface area contributed by atoms with Crippen molar-refractivity contribution in [3.8, 4) is 0 Å². The Kier molecular flexibility index (Phi) is 2.46. The summed E-state index contributed by atoms with van der Waals surface area (Å²) < 4.78 is 13.4. The number of hydrogen-bond donors (Lipinski definition) is 1. The summed E-state index contributed by atoms with van der Waals surface area (Å²) in [5.74, 6) is -1.67. The molecule has 0 spiro atoms. The van der Waals surface area contributed by atoms with Crippen LogP contribution in [0.2, 0.25) is 0 Å². The van der Waals surface area contributed by atoms with Gasteiger partial charge in [0, 0.05) is 11.8 Å². The van der Waals surface area contributed by atoms with Crippen molar-refractivity contribution >= 4 is 5.97 Å². The van der Waals surface area contributed by atoms with E-state index in [9.17, 15) is 14.0 Å². The van der Waals surface area contributed by atoms with Crippen LogP contribution in [0.25, 0.3) is 0 Å². The quantitative estimate of drug-likeness (QED) is 0.738. The lowest BCUT2D eigenvalue weighted by Gasteiger charge is -2.06. The van der Waals surface area contributed by atoms with Gasteiger partial charge in [0.1, 0.15) is 0 Å². The van der Waals surface area contributed by atoms with Gasteiger partial charge in [-0.2, -0.15) is 0 Å². The van der Waals surface area contributed by atoms with E-state index < -0.39 is 17.8 Å². The summed E-state index contributed by atoms with van der Waals surface area (Å²) in [6, 6.07) is 2.92. The highest BCUT2D eigenvalue weighted by Crippen LogP contribution is 2.04. The molecule has 0 amide bonds. The Hall–Kier alpha value is -1.65. The van der Waals surface area contributed by atoms with Crippen LogP contribution in [0.5, 0.6) is 0 Å². The molecular weight excluding hydrogens is 177 g/mol. The lowest BCUT2D eigenvalue weighted by atomic mass is 10.3. The molecule has 1 aromatic rings. The third-order valence-electron chi connectivity index (χ3n) is 1.61. The maximum Gasteiger partial charge on any atom is 0.360 e. The number of rotatable bonds is 2. The van der Waals surface area contributed by atoms with Gasteiger partial charge in [0.15, 0.2) is 0 Å². The average molecular weight is 185 g/mol. The second kappa shape index (κ2) is 3.38. The zero-order valence-corrected chi connectivity index (χ0v) is 6.90. The van der Waals surface area contributed by atoms with Crippen LogP contribution in [0.1, 0.15) is 11.9 Å². The zero-order chi connectivity index (χ0) is 10.0.